The van der Waals surface area contributed by atoms with E-state index in [2.05, 4.69) is 16.1 Å². The summed E-state index contributed by atoms with van der Waals surface area (Å²) in [6.07, 6.45) is -0.686. The number of aliphatic hydroxyl groups is 1. The van der Waals surface area contributed by atoms with Crippen LogP contribution in [0.4, 0.5) is 13.2 Å². The van der Waals surface area contributed by atoms with E-state index in [1.807, 2.05) is 81.6 Å². The van der Waals surface area contributed by atoms with Gasteiger partial charge in [-0.15, -0.1) is 0 Å². The van der Waals surface area contributed by atoms with E-state index in [9.17, 15) is 18.3 Å². The Labute approximate surface area is 255 Å². The highest BCUT2D eigenvalue weighted by Gasteiger charge is 2.33. The van der Waals surface area contributed by atoms with Crippen LogP contribution in [-0.2, 0) is 25.7 Å². The number of fused-ring (bicyclic) bond motifs is 1. The Kier molecular flexibility index (Phi) is 8.81. The van der Waals surface area contributed by atoms with Gasteiger partial charge in [-0.05, 0) is 78.4 Å². The van der Waals surface area contributed by atoms with Gasteiger partial charge in [-0.25, -0.2) is 4.98 Å². The molecule has 2 aromatic heterocycles. The average Bonchev–Trinajstić information content (AvgIpc) is 3.34. The maximum absolute atomic E-state index is 13.1. The van der Waals surface area contributed by atoms with Crippen LogP contribution in [-0.4, -0.2) is 19.6 Å². The van der Waals surface area contributed by atoms with E-state index in [-0.39, 0.29) is 5.76 Å². The molecule has 0 fully saturated rings. The lowest BCUT2D eigenvalue weighted by Gasteiger charge is -2.30. The summed E-state index contributed by atoms with van der Waals surface area (Å²) in [5.41, 5.74) is 4.83. The van der Waals surface area contributed by atoms with Gasteiger partial charge >= 0.3 is 6.18 Å². The SMILES string of the molecule is C=C(O)C(CC)(CC)Cc1nc2ccc(OCc3ccc(C)cn3)cc2n1Cc1cccc(-c2ccc(C(F)(F)F)cc2)c1. The maximum Gasteiger partial charge on any atom is 0.416 e. The zero-order chi connectivity index (χ0) is 31.5. The molecule has 0 spiro atoms. The molecular formula is C36H36F3N3O2. The largest absolute Gasteiger partial charge is 0.512 e. The van der Waals surface area contributed by atoms with Gasteiger partial charge in [-0.3, -0.25) is 4.98 Å². The van der Waals surface area contributed by atoms with Gasteiger partial charge in [-0.2, -0.15) is 13.2 Å². The summed E-state index contributed by atoms with van der Waals surface area (Å²) in [5.74, 6) is 1.62. The summed E-state index contributed by atoms with van der Waals surface area (Å²) in [5, 5.41) is 10.6. The van der Waals surface area contributed by atoms with Gasteiger partial charge in [0.25, 0.3) is 0 Å². The number of benzene rings is 3. The summed E-state index contributed by atoms with van der Waals surface area (Å²) >= 11 is 0. The molecule has 0 aliphatic carbocycles. The zero-order valence-electron chi connectivity index (χ0n) is 25.2. The van der Waals surface area contributed by atoms with Crippen LogP contribution >= 0.6 is 0 Å². The Hall–Kier alpha value is -4.59. The van der Waals surface area contributed by atoms with Gasteiger partial charge in [0, 0.05) is 30.6 Å². The molecular weight excluding hydrogens is 563 g/mol. The molecule has 5 aromatic rings. The van der Waals surface area contributed by atoms with Crippen molar-refractivity contribution in [2.45, 2.75) is 59.4 Å². The van der Waals surface area contributed by atoms with Gasteiger partial charge in [0.2, 0.25) is 0 Å². The van der Waals surface area contributed by atoms with E-state index in [0.29, 0.717) is 43.7 Å². The minimum absolute atomic E-state index is 0.139. The standard InChI is InChI=1S/C36H36F3N3O2/c1-5-35(6-2,25(4)43)20-34-41-32-17-16-31(44-23-30-15-10-24(3)21-40-30)19-33(32)42(34)22-26-8-7-9-28(18-26)27-11-13-29(14-12-27)36(37,38)39/h7-19,21,43H,4-6,20,22-23H2,1-3H3. The van der Waals surface area contributed by atoms with Crippen LogP contribution in [0.1, 0.15) is 54.9 Å². The molecule has 228 valence electrons. The number of alkyl halides is 3. The van der Waals surface area contributed by atoms with Crippen LogP contribution < -0.4 is 4.74 Å². The fourth-order valence-corrected chi connectivity index (χ4v) is 5.49. The lowest BCUT2D eigenvalue weighted by Crippen LogP contribution is -2.26. The molecule has 0 unspecified atom stereocenters. The highest BCUT2D eigenvalue weighted by molar-refractivity contribution is 5.78. The summed E-state index contributed by atoms with van der Waals surface area (Å²) in [4.78, 5) is 9.42. The van der Waals surface area contributed by atoms with Crippen LogP contribution in [0.5, 0.6) is 5.75 Å². The average molecular weight is 600 g/mol. The van der Waals surface area contributed by atoms with Gasteiger partial charge in [0.15, 0.2) is 0 Å². The topological polar surface area (TPSA) is 60.2 Å². The molecule has 0 atom stereocenters. The lowest BCUT2D eigenvalue weighted by molar-refractivity contribution is -0.137. The van der Waals surface area contributed by atoms with Crippen molar-refractivity contribution in [1.82, 2.24) is 14.5 Å². The Balaban J connectivity index is 1.52. The maximum atomic E-state index is 13.1. The van der Waals surface area contributed by atoms with Crippen molar-refractivity contribution in [1.29, 1.82) is 0 Å². The Bertz CT molecular complexity index is 1750. The minimum Gasteiger partial charge on any atom is -0.512 e. The summed E-state index contributed by atoms with van der Waals surface area (Å²) in [6, 6.07) is 22.7. The number of hydrogen-bond acceptors (Lipinski definition) is 4. The van der Waals surface area contributed by atoms with Crippen molar-refractivity contribution < 1.29 is 23.0 Å². The molecule has 2 heterocycles. The van der Waals surface area contributed by atoms with Crippen molar-refractivity contribution >= 4 is 11.0 Å². The van der Waals surface area contributed by atoms with Crippen LogP contribution in [0, 0.1) is 12.3 Å². The van der Waals surface area contributed by atoms with Crippen LogP contribution in [0.15, 0.2) is 97.4 Å². The normalized spacial score (nSPS) is 12.0. The molecule has 0 radical (unpaired) electrons. The van der Waals surface area contributed by atoms with Crippen molar-refractivity contribution in [3.8, 4) is 16.9 Å². The Morgan fingerprint density at radius 1 is 0.932 bits per heavy atom. The van der Waals surface area contributed by atoms with Gasteiger partial charge in [0.05, 0.1) is 28.0 Å². The van der Waals surface area contributed by atoms with Crippen molar-refractivity contribution in [2.24, 2.45) is 5.41 Å². The molecule has 5 rings (SSSR count). The fourth-order valence-electron chi connectivity index (χ4n) is 5.49. The number of ether oxygens (including phenoxy) is 1. The second kappa shape index (κ2) is 12.6. The van der Waals surface area contributed by atoms with Crippen molar-refractivity contribution in [3.63, 3.8) is 0 Å². The molecule has 0 bridgehead atoms. The zero-order valence-corrected chi connectivity index (χ0v) is 25.2. The first-order valence-electron chi connectivity index (χ1n) is 14.7. The van der Waals surface area contributed by atoms with Gasteiger partial charge in [0.1, 0.15) is 18.2 Å². The van der Waals surface area contributed by atoms with E-state index in [4.69, 9.17) is 9.72 Å². The molecule has 0 amide bonds. The molecule has 0 aliphatic heterocycles. The molecule has 1 N–H and O–H groups in total. The summed E-state index contributed by atoms with van der Waals surface area (Å²) in [7, 11) is 0. The number of aryl methyl sites for hydroxylation is 1. The third-order valence-electron chi connectivity index (χ3n) is 8.43. The highest BCUT2D eigenvalue weighted by atomic mass is 19.4. The number of hydrogen-bond donors (Lipinski definition) is 1. The van der Waals surface area contributed by atoms with Gasteiger partial charge < -0.3 is 14.4 Å². The van der Waals surface area contributed by atoms with Crippen molar-refractivity contribution in [2.75, 3.05) is 0 Å². The number of halogens is 3. The Morgan fingerprint density at radius 2 is 1.68 bits per heavy atom. The lowest BCUT2D eigenvalue weighted by atomic mass is 9.77. The first kappa shape index (κ1) is 30.9. The van der Waals surface area contributed by atoms with Crippen LogP contribution in [0.25, 0.3) is 22.2 Å². The van der Waals surface area contributed by atoms with Crippen molar-refractivity contribution in [3.05, 3.63) is 126 Å². The first-order chi connectivity index (χ1) is 21.0. The molecule has 0 saturated carbocycles. The van der Waals surface area contributed by atoms with E-state index in [0.717, 1.165) is 51.4 Å². The third-order valence-corrected chi connectivity index (χ3v) is 8.43. The molecule has 5 nitrogen and oxygen atoms in total. The number of allylic oxidation sites excluding steroid dienone is 1. The quantitative estimate of drug-likeness (QED) is 0.154. The predicted octanol–water partition coefficient (Wildman–Crippen LogP) is 9.47. The van der Waals surface area contributed by atoms with E-state index in [1.165, 1.54) is 12.1 Å². The number of imidazole rings is 1. The van der Waals surface area contributed by atoms with Crippen LogP contribution in [0.2, 0.25) is 0 Å². The fraction of sp³-hybridized carbons (Fsp3) is 0.278. The number of rotatable bonds is 11. The minimum atomic E-state index is -4.38. The summed E-state index contributed by atoms with van der Waals surface area (Å²) < 4.78 is 47.6. The molecule has 8 heteroatoms. The third kappa shape index (κ3) is 6.64. The summed E-state index contributed by atoms with van der Waals surface area (Å²) in [6.45, 7) is 10.7. The first-order valence-corrected chi connectivity index (χ1v) is 14.7. The second-order valence-electron chi connectivity index (χ2n) is 11.3. The highest BCUT2D eigenvalue weighted by Crippen LogP contribution is 2.38. The Morgan fingerprint density at radius 3 is 2.32 bits per heavy atom. The monoisotopic (exact) mass is 599 g/mol. The van der Waals surface area contributed by atoms with Crippen LogP contribution in [0.3, 0.4) is 0 Å². The molecule has 44 heavy (non-hydrogen) atoms. The smallest absolute Gasteiger partial charge is 0.416 e. The predicted molar refractivity (Wildman–Crippen MR) is 168 cm³/mol. The van der Waals surface area contributed by atoms with Gasteiger partial charge in [-0.1, -0.05) is 56.8 Å². The number of aromatic nitrogens is 3. The number of nitrogens with zero attached hydrogens (tertiary/aromatic N) is 3. The van der Waals surface area contributed by atoms with E-state index < -0.39 is 17.2 Å². The number of aliphatic hydroxyl groups excluding tert-OH is 1. The molecule has 3 aromatic carbocycles. The molecule has 0 aliphatic rings. The number of pyridine rings is 1. The second-order valence-corrected chi connectivity index (χ2v) is 11.3. The van der Waals surface area contributed by atoms with E-state index in [1.54, 1.807) is 0 Å². The van der Waals surface area contributed by atoms with E-state index >= 15 is 0 Å². The molecule has 0 saturated heterocycles.